The van der Waals surface area contributed by atoms with Crippen LogP contribution in [0.3, 0.4) is 0 Å². The van der Waals surface area contributed by atoms with E-state index in [0.717, 1.165) is 47.0 Å². The number of fused-ring (bicyclic) bond motifs is 1. The van der Waals surface area contributed by atoms with Crippen LogP contribution < -0.4 is 10.9 Å². The molecule has 0 aliphatic heterocycles. The summed E-state index contributed by atoms with van der Waals surface area (Å²) in [7, 11) is 0. The van der Waals surface area contributed by atoms with Crippen LogP contribution in [-0.4, -0.2) is 37.8 Å². The van der Waals surface area contributed by atoms with Gasteiger partial charge in [-0.2, -0.15) is 5.10 Å². The lowest BCUT2D eigenvalue weighted by Crippen LogP contribution is -2.45. The third kappa shape index (κ3) is 4.59. The van der Waals surface area contributed by atoms with Crippen molar-refractivity contribution < 1.29 is 9.90 Å². The number of aromatic nitrogens is 3. The fourth-order valence-electron chi connectivity index (χ4n) is 4.53. The number of hydrogen-bond acceptors (Lipinski definition) is 4. The van der Waals surface area contributed by atoms with Gasteiger partial charge in [-0.1, -0.05) is 37.1 Å². The summed E-state index contributed by atoms with van der Waals surface area (Å²) in [4.78, 5) is 27.2. The Morgan fingerprint density at radius 3 is 2.70 bits per heavy atom. The molecule has 1 fully saturated rings. The first-order valence-corrected chi connectivity index (χ1v) is 11.3. The van der Waals surface area contributed by atoms with Crippen molar-refractivity contribution >= 4 is 11.4 Å². The van der Waals surface area contributed by atoms with Crippen molar-refractivity contribution in [2.45, 2.75) is 44.2 Å². The van der Waals surface area contributed by atoms with Gasteiger partial charge in [0.2, 0.25) is 5.56 Å². The summed E-state index contributed by atoms with van der Waals surface area (Å²) >= 11 is 0. The second-order valence-electron chi connectivity index (χ2n) is 8.64. The fraction of sp³-hybridized carbons (Fsp3) is 0.269. The Balaban J connectivity index is 1.39. The monoisotopic (exact) mass is 442 g/mol. The maximum atomic E-state index is 12.9. The molecule has 0 bridgehead atoms. The predicted molar refractivity (Wildman–Crippen MR) is 126 cm³/mol. The quantitative estimate of drug-likeness (QED) is 0.442. The SMILES string of the molecule is O=C(N[C@H]1CCCC[C@@H]1O)c1cc(Cc2ccc(-c3cc[nH]c(=O)c3)cc2)c2cccn2n1. The van der Waals surface area contributed by atoms with Gasteiger partial charge in [0, 0.05) is 18.5 Å². The Kier molecular flexibility index (Phi) is 5.79. The Hall–Kier alpha value is -3.71. The van der Waals surface area contributed by atoms with Gasteiger partial charge in [0.05, 0.1) is 17.7 Å². The molecular weight excluding hydrogens is 416 g/mol. The largest absolute Gasteiger partial charge is 0.391 e. The van der Waals surface area contributed by atoms with E-state index in [1.165, 1.54) is 0 Å². The highest BCUT2D eigenvalue weighted by Gasteiger charge is 2.25. The smallest absolute Gasteiger partial charge is 0.272 e. The molecule has 2 atom stereocenters. The van der Waals surface area contributed by atoms with E-state index in [0.29, 0.717) is 18.5 Å². The highest BCUT2D eigenvalue weighted by Crippen LogP contribution is 2.22. The van der Waals surface area contributed by atoms with Crippen LogP contribution in [0.1, 0.15) is 47.3 Å². The lowest BCUT2D eigenvalue weighted by Gasteiger charge is -2.28. The number of rotatable bonds is 5. The maximum absolute atomic E-state index is 12.9. The second-order valence-corrected chi connectivity index (χ2v) is 8.64. The van der Waals surface area contributed by atoms with E-state index >= 15 is 0 Å². The van der Waals surface area contributed by atoms with E-state index < -0.39 is 6.10 Å². The van der Waals surface area contributed by atoms with E-state index in [2.05, 4.69) is 15.4 Å². The summed E-state index contributed by atoms with van der Waals surface area (Å²) < 4.78 is 1.73. The third-order valence-electron chi connectivity index (χ3n) is 6.32. The summed E-state index contributed by atoms with van der Waals surface area (Å²) in [5.74, 6) is -0.262. The molecule has 7 nitrogen and oxygen atoms in total. The zero-order valence-electron chi connectivity index (χ0n) is 18.2. The minimum atomic E-state index is -0.504. The zero-order chi connectivity index (χ0) is 22.8. The van der Waals surface area contributed by atoms with Gasteiger partial charge in [0.15, 0.2) is 0 Å². The number of amides is 1. The topological polar surface area (TPSA) is 99.5 Å². The Morgan fingerprint density at radius 2 is 1.91 bits per heavy atom. The van der Waals surface area contributed by atoms with Crippen LogP contribution in [0.2, 0.25) is 0 Å². The standard InChI is InChI=1S/C26H26N4O3/c31-24-6-2-1-4-21(24)28-26(33)22-15-20(23-5-3-13-30(23)29-22)14-17-7-9-18(10-8-17)19-11-12-27-25(32)16-19/h3,5,7-13,15-16,21,24,31H,1-2,4,6,14H2,(H,27,32)(H,28,33)/t21-,24-/m0/s1. The molecule has 7 heteroatoms. The summed E-state index contributed by atoms with van der Waals surface area (Å²) in [6, 6.07) is 17.0. The van der Waals surface area contributed by atoms with Crippen molar-refractivity contribution in [3.05, 3.63) is 94.2 Å². The van der Waals surface area contributed by atoms with Gasteiger partial charge in [-0.15, -0.1) is 0 Å². The normalized spacial score (nSPS) is 18.3. The number of aliphatic hydroxyl groups excluding tert-OH is 1. The number of aliphatic hydroxyl groups is 1. The third-order valence-corrected chi connectivity index (χ3v) is 6.32. The summed E-state index contributed by atoms with van der Waals surface area (Å²) in [6.45, 7) is 0. The van der Waals surface area contributed by atoms with Gasteiger partial charge >= 0.3 is 0 Å². The molecule has 3 N–H and O–H groups in total. The van der Waals surface area contributed by atoms with Crippen LogP contribution in [-0.2, 0) is 6.42 Å². The highest BCUT2D eigenvalue weighted by atomic mass is 16.3. The number of aromatic amines is 1. The van der Waals surface area contributed by atoms with Gasteiger partial charge < -0.3 is 15.4 Å². The van der Waals surface area contributed by atoms with Gasteiger partial charge in [0.1, 0.15) is 5.69 Å². The molecule has 1 aliphatic rings. The number of nitrogens with one attached hydrogen (secondary N) is 2. The molecule has 168 valence electrons. The lowest BCUT2D eigenvalue weighted by molar-refractivity contribution is 0.0713. The van der Waals surface area contributed by atoms with Crippen molar-refractivity contribution in [2.75, 3.05) is 0 Å². The molecule has 1 saturated carbocycles. The number of nitrogens with zero attached hydrogens (tertiary/aromatic N) is 2. The first-order valence-electron chi connectivity index (χ1n) is 11.3. The molecule has 0 unspecified atom stereocenters. The number of hydrogen-bond donors (Lipinski definition) is 3. The zero-order valence-corrected chi connectivity index (χ0v) is 18.2. The lowest BCUT2D eigenvalue weighted by atomic mass is 9.92. The van der Waals surface area contributed by atoms with Crippen molar-refractivity contribution in [1.29, 1.82) is 0 Å². The molecule has 1 aromatic carbocycles. The molecule has 0 spiro atoms. The Labute approximate surface area is 191 Å². The van der Waals surface area contributed by atoms with Crippen molar-refractivity contribution in [2.24, 2.45) is 0 Å². The van der Waals surface area contributed by atoms with Gasteiger partial charge in [-0.3, -0.25) is 9.59 Å². The van der Waals surface area contributed by atoms with Crippen molar-refractivity contribution in [3.8, 4) is 11.1 Å². The Morgan fingerprint density at radius 1 is 1.09 bits per heavy atom. The minimum Gasteiger partial charge on any atom is -0.391 e. The molecule has 4 aromatic rings. The van der Waals surface area contributed by atoms with Crippen LogP contribution >= 0.6 is 0 Å². The fourth-order valence-corrected chi connectivity index (χ4v) is 4.53. The first kappa shape index (κ1) is 21.2. The van der Waals surface area contributed by atoms with Crippen LogP contribution in [0.25, 0.3) is 16.6 Å². The number of H-pyrrole nitrogens is 1. The number of benzene rings is 1. The van der Waals surface area contributed by atoms with E-state index in [1.807, 2.05) is 54.7 Å². The molecular formula is C26H26N4O3. The van der Waals surface area contributed by atoms with Crippen LogP contribution in [0.15, 0.2) is 71.8 Å². The molecule has 3 heterocycles. The summed E-state index contributed by atoms with van der Waals surface area (Å²) in [6.07, 6.45) is 7.11. The van der Waals surface area contributed by atoms with Crippen LogP contribution in [0.4, 0.5) is 0 Å². The summed E-state index contributed by atoms with van der Waals surface area (Å²) in [5, 5.41) is 17.7. The van der Waals surface area contributed by atoms with E-state index in [9.17, 15) is 14.7 Å². The molecule has 3 aromatic heterocycles. The van der Waals surface area contributed by atoms with E-state index in [-0.39, 0.29) is 17.5 Å². The number of carbonyl (C=O) groups excluding carboxylic acids is 1. The molecule has 1 amide bonds. The number of carbonyl (C=O) groups is 1. The highest BCUT2D eigenvalue weighted by molar-refractivity contribution is 5.93. The average Bonchev–Trinajstić information content (AvgIpc) is 3.30. The van der Waals surface area contributed by atoms with E-state index in [4.69, 9.17) is 0 Å². The molecule has 5 rings (SSSR count). The molecule has 33 heavy (non-hydrogen) atoms. The summed E-state index contributed by atoms with van der Waals surface area (Å²) in [5.41, 5.74) is 5.08. The minimum absolute atomic E-state index is 0.129. The molecule has 1 aliphatic carbocycles. The van der Waals surface area contributed by atoms with Gasteiger partial charge in [-0.25, -0.2) is 4.52 Å². The van der Waals surface area contributed by atoms with Crippen molar-refractivity contribution in [1.82, 2.24) is 19.9 Å². The van der Waals surface area contributed by atoms with Crippen molar-refractivity contribution in [3.63, 3.8) is 0 Å². The van der Waals surface area contributed by atoms with E-state index in [1.54, 1.807) is 16.8 Å². The maximum Gasteiger partial charge on any atom is 0.272 e. The van der Waals surface area contributed by atoms with Gasteiger partial charge in [-0.05, 0) is 65.8 Å². The van der Waals surface area contributed by atoms with Gasteiger partial charge in [0.25, 0.3) is 5.91 Å². The Bertz CT molecular complexity index is 1340. The van der Waals surface area contributed by atoms with Crippen LogP contribution in [0, 0.1) is 0 Å². The predicted octanol–water partition coefficient (Wildman–Crippen LogP) is 3.31. The average molecular weight is 443 g/mol. The molecule has 0 saturated heterocycles. The second kappa shape index (κ2) is 9.03. The van der Waals surface area contributed by atoms with Crippen LogP contribution in [0.5, 0.6) is 0 Å². The number of pyridine rings is 1. The molecule has 0 radical (unpaired) electrons. The first-order chi connectivity index (χ1) is 16.1.